The van der Waals surface area contributed by atoms with Crippen LogP contribution in [0, 0.1) is 6.92 Å². The quantitative estimate of drug-likeness (QED) is 0.848. The molecule has 0 spiro atoms. The molecule has 22 heavy (non-hydrogen) atoms. The van der Waals surface area contributed by atoms with Gasteiger partial charge >= 0.3 is 0 Å². The smallest absolute Gasteiger partial charge is 0.0959 e. The van der Waals surface area contributed by atoms with E-state index >= 15 is 0 Å². The Morgan fingerprint density at radius 3 is 2.95 bits per heavy atom. The molecule has 3 rings (SSSR count). The van der Waals surface area contributed by atoms with Gasteiger partial charge in [0.2, 0.25) is 0 Å². The van der Waals surface area contributed by atoms with Crippen molar-refractivity contribution in [3.8, 4) is 0 Å². The number of hydrogen-bond acceptors (Lipinski definition) is 4. The van der Waals surface area contributed by atoms with Gasteiger partial charge in [0.15, 0.2) is 0 Å². The molecule has 1 fully saturated rings. The number of aromatic nitrogens is 1. The Bertz CT molecular complexity index is 605. The molecule has 0 saturated heterocycles. The molecule has 1 aromatic heterocycles. The molecule has 1 saturated carbocycles. The normalized spacial score (nSPS) is 17.0. The number of nitrogens with zero attached hydrogens (tertiary/aromatic N) is 1. The Hall–Kier alpha value is -1.23. The second-order valence-corrected chi connectivity index (χ2v) is 7.35. The average Bonchev–Trinajstić information content (AvgIpc) is 3.18. The van der Waals surface area contributed by atoms with Gasteiger partial charge in [-0.15, -0.1) is 11.3 Å². The number of aliphatic hydroxyl groups is 1. The Labute approximate surface area is 136 Å². The van der Waals surface area contributed by atoms with Gasteiger partial charge in [-0.1, -0.05) is 42.7 Å². The molecule has 0 bridgehead atoms. The zero-order valence-electron chi connectivity index (χ0n) is 13.1. The van der Waals surface area contributed by atoms with Gasteiger partial charge < -0.3 is 10.4 Å². The highest BCUT2D eigenvalue weighted by atomic mass is 32.1. The zero-order chi connectivity index (χ0) is 15.4. The summed E-state index contributed by atoms with van der Waals surface area (Å²) in [4.78, 5) is 5.84. The molecular formula is C18H24N2OS. The van der Waals surface area contributed by atoms with Gasteiger partial charge in [-0.3, -0.25) is 0 Å². The summed E-state index contributed by atoms with van der Waals surface area (Å²) in [6.07, 6.45) is 6.83. The molecule has 1 atom stereocenters. The van der Waals surface area contributed by atoms with Crippen molar-refractivity contribution in [2.24, 2.45) is 0 Å². The van der Waals surface area contributed by atoms with Crippen LogP contribution in [0.15, 0.2) is 30.5 Å². The highest BCUT2D eigenvalue weighted by Gasteiger charge is 2.20. The number of nitrogens with one attached hydrogen (secondary N) is 1. The molecule has 1 aliphatic rings. The average molecular weight is 316 g/mol. The number of aliphatic hydroxyl groups excluding tert-OH is 1. The third-order valence-electron chi connectivity index (χ3n) is 4.34. The summed E-state index contributed by atoms with van der Waals surface area (Å²) in [5, 5.41) is 14.9. The van der Waals surface area contributed by atoms with Crippen LogP contribution in [0.1, 0.15) is 58.7 Å². The van der Waals surface area contributed by atoms with E-state index in [4.69, 9.17) is 0 Å². The molecule has 118 valence electrons. The fourth-order valence-corrected chi connectivity index (χ4v) is 4.15. The predicted octanol–water partition coefficient (Wildman–Crippen LogP) is 3.93. The van der Waals surface area contributed by atoms with E-state index in [1.807, 2.05) is 48.7 Å². The van der Waals surface area contributed by atoms with E-state index in [-0.39, 0.29) is 0 Å². The first-order valence-electron chi connectivity index (χ1n) is 8.12. The topological polar surface area (TPSA) is 45.1 Å². The summed E-state index contributed by atoms with van der Waals surface area (Å²) < 4.78 is 0. The SMILES string of the molecule is Cc1cccc(C(O)CNCc2cnc(C3CCCC3)s2)c1. The van der Waals surface area contributed by atoms with Crippen molar-refractivity contribution in [3.05, 3.63) is 51.5 Å². The van der Waals surface area contributed by atoms with E-state index in [2.05, 4.69) is 10.3 Å². The molecular weight excluding hydrogens is 292 g/mol. The summed E-state index contributed by atoms with van der Waals surface area (Å²) in [6, 6.07) is 8.05. The van der Waals surface area contributed by atoms with Gasteiger partial charge in [0.1, 0.15) is 0 Å². The molecule has 4 heteroatoms. The van der Waals surface area contributed by atoms with Crippen molar-refractivity contribution >= 4 is 11.3 Å². The molecule has 2 N–H and O–H groups in total. The summed E-state index contributed by atoms with van der Waals surface area (Å²) in [7, 11) is 0. The second kappa shape index (κ2) is 7.36. The van der Waals surface area contributed by atoms with Gasteiger partial charge in [0, 0.05) is 30.1 Å². The Morgan fingerprint density at radius 1 is 1.36 bits per heavy atom. The maximum absolute atomic E-state index is 10.2. The molecule has 1 aromatic carbocycles. The standard InChI is InChI=1S/C18H24N2OS/c1-13-5-4-8-15(9-13)17(21)12-19-10-16-11-20-18(22-16)14-6-2-3-7-14/h4-5,8-9,11,14,17,19,21H,2-3,6-7,10,12H2,1H3. The number of thiazole rings is 1. The number of benzene rings is 1. The third kappa shape index (κ3) is 3.94. The predicted molar refractivity (Wildman–Crippen MR) is 91.2 cm³/mol. The van der Waals surface area contributed by atoms with Gasteiger partial charge in [0.05, 0.1) is 11.1 Å². The second-order valence-electron chi connectivity index (χ2n) is 6.21. The molecule has 0 amide bonds. The van der Waals surface area contributed by atoms with Gasteiger partial charge in [-0.2, -0.15) is 0 Å². The zero-order valence-corrected chi connectivity index (χ0v) is 13.9. The van der Waals surface area contributed by atoms with Crippen LogP contribution in [-0.2, 0) is 6.54 Å². The van der Waals surface area contributed by atoms with Crippen LogP contribution in [0.5, 0.6) is 0 Å². The molecule has 1 aliphatic carbocycles. The maximum atomic E-state index is 10.2. The monoisotopic (exact) mass is 316 g/mol. The van der Waals surface area contributed by atoms with Crippen molar-refractivity contribution in [1.29, 1.82) is 0 Å². The van der Waals surface area contributed by atoms with E-state index in [9.17, 15) is 5.11 Å². The molecule has 1 unspecified atom stereocenters. The first kappa shape index (κ1) is 15.7. The molecule has 2 aromatic rings. The summed E-state index contributed by atoms with van der Waals surface area (Å²) in [5.41, 5.74) is 2.16. The van der Waals surface area contributed by atoms with Crippen molar-refractivity contribution in [3.63, 3.8) is 0 Å². The van der Waals surface area contributed by atoms with Gasteiger partial charge in [-0.25, -0.2) is 4.98 Å². The molecule has 0 aliphatic heterocycles. The van der Waals surface area contributed by atoms with E-state index in [1.54, 1.807) is 0 Å². The van der Waals surface area contributed by atoms with Crippen LogP contribution in [-0.4, -0.2) is 16.6 Å². The van der Waals surface area contributed by atoms with Gasteiger partial charge in [-0.05, 0) is 25.3 Å². The first-order chi connectivity index (χ1) is 10.7. The van der Waals surface area contributed by atoms with Crippen LogP contribution in [0.4, 0.5) is 0 Å². The fraction of sp³-hybridized carbons (Fsp3) is 0.500. The molecule has 1 heterocycles. The van der Waals surface area contributed by atoms with E-state index in [0.29, 0.717) is 12.5 Å². The van der Waals surface area contributed by atoms with E-state index < -0.39 is 6.10 Å². The van der Waals surface area contributed by atoms with Crippen molar-refractivity contribution < 1.29 is 5.11 Å². The maximum Gasteiger partial charge on any atom is 0.0959 e. The van der Waals surface area contributed by atoms with Crippen LogP contribution in [0.25, 0.3) is 0 Å². The lowest BCUT2D eigenvalue weighted by Crippen LogP contribution is -2.20. The number of aryl methyl sites for hydroxylation is 1. The lowest BCUT2D eigenvalue weighted by atomic mass is 10.1. The number of rotatable bonds is 6. The van der Waals surface area contributed by atoms with Crippen molar-refractivity contribution in [1.82, 2.24) is 10.3 Å². The summed E-state index contributed by atoms with van der Waals surface area (Å²) in [6.45, 7) is 3.40. The lowest BCUT2D eigenvalue weighted by Gasteiger charge is -2.12. The Kier molecular flexibility index (Phi) is 5.24. The highest BCUT2D eigenvalue weighted by molar-refractivity contribution is 7.11. The van der Waals surface area contributed by atoms with Crippen LogP contribution in [0.2, 0.25) is 0 Å². The lowest BCUT2D eigenvalue weighted by molar-refractivity contribution is 0.174. The Morgan fingerprint density at radius 2 is 2.18 bits per heavy atom. The number of hydrogen-bond donors (Lipinski definition) is 2. The van der Waals surface area contributed by atoms with Crippen molar-refractivity contribution in [2.75, 3.05) is 6.54 Å². The van der Waals surface area contributed by atoms with E-state index in [1.165, 1.54) is 41.1 Å². The van der Waals surface area contributed by atoms with Crippen molar-refractivity contribution in [2.45, 2.75) is 51.2 Å². The largest absolute Gasteiger partial charge is 0.387 e. The molecule has 0 radical (unpaired) electrons. The highest BCUT2D eigenvalue weighted by Crippen LogP contribution is 2.35. The minimum Gasteiger partial charge on any atom is -0.387 e. The minimum absolute atomic E-state index is 0.456. The summed E-state index contributed by atoms with van der Waals surface area (Å²) in [5.74, 6) is 0.691. The first-order valence-corrected chi connectivity index (χ1v) is 8.94. The van der Waals surface area contributed by atoms with Crippen LogP contribution in [0.3, 0.4) is 0 Å². The van der Waals surface area contributed by atoms with Gasteiger partial charge in [0.25, 0.3) is 0 Å². The van der Waals surface area contributed by atoms with E-state index in [0.717, 1.165) is 12.1 Å². The third-order valence-corrected chi connectivity index (χ3v) is 5.50. The minimum atomic E-state index is -0.456. The fourth-order valence-electron chi connectivity index (χ4n) is 3.09. The molecule has 3 nitrogen and oxygen atoms in total. The van der Waals surface area contributed by atoms with Crippen LogP contribution < -0.4 is 5.32 Å². The Balaban J connectivity index is 1.48. The van der Waals surface area contributed by atoms with Crippen LogP contribution >= 0.6 is 11.3 Å². The summed E-state index contributed by atoms with van der Waals surface area (Å²) >= 11 is 1.82.